The molecule has 1 N–H and O–H groups in total. The van der Waals surface area contributed by atoms with E-state index in [-0.39, 0.29) is 16.9 Å². The molecular formula is C23H26ClN3O2S. The molecule has 1 aromatic heterocycles. The number of thioether (sulfide) groups is 1. The highest BCUT2D eigenvalue weighted by Gasteiger charge is 2.20. The van der Waals surface area contributed by atoms with E-state index >= 15 is 0 Å². The molecule has 0 aliphatic rings. The molecule has 7 heteroatoms. The zero-order chi connectivity index (χ0) is 21.7. The van der Waals surface area contributed by atoms with Gasteiger partial charge in [0.25, 0.3) is 0 Å². The number of ketones is 1. The van der Waals surface area contributed by atoms with Crippen LogP contribution in [0.25, 0.3) is 11.0 Å². The van der Waals surface area contributed by atoms with Crippen LogP contribution < -0.4 is 5.32 Å². The highest BCUT2D eigenvalue weighted by atomic mass is 35.5. The first-order chi connectivity index (χ1) is 14.4. The fourth-order valence-corrected chi connectivity index (χ4v) is 4.47. The Hall–Kier alpha value is -2.31. The lowest BCUT2D eigenvalue weighted by Crippen LogP contribution is -2.22. The zero-order valence-corrected chi connectivity index (χ0v) is 19.0. The summed E-state index contributed by atoms with van der Waals surface area (Å²) in [6.45, 7) is 6.97. The predicted molar refractivity (Wildman–Crippen MR) is 124 cm³/mol. The van der Waals surface area contributed by atoms with Crippen molar-refractivity contribution in [3.63, 3.8) is 0 Å². The molecule has 1 amide bonds. The van der Waals surface area contributed by atoms with Crippen molar-refractivity contribution in [2.75, 3.05) is 6.54 Å². The lowest BCUT2D eigenvalue weighted by Gasteiger charge is -2.12. The lowest BCUT2D eigenvalue weighted by molar-refractivity contribution is -0.118. The predicted octanol–water partition coefficient (Wildman–Crippen LogP) is 5.14. The van der Waals surface area contributed by atoms with Crippen LogP contribution >= 0.6 is 23.4 Å². The van der Waals surface area contributed by atoms with E-state index in [0.717, 1.165) is 41.1 Å². The number of halogens is 1. The van der Waals surface area contributed by atoms with Crippen molar-refractivity contribution < 1.29 is 9.59 Å². The standard InChI is InChI=1S/C23H26ClN3O2S/c1-4-13-27-21-10-9-19(24)14-20(21)26-23(27)30-15(2)22(29)18-7-5-17(6-8-18)11-12-25-16(3)28/h5-10,14-15H,4,11-13H2,1-3H3,(H,25,28). The van der Waals surface area contributed by atoms with Crippen molar-refractivity contribution in [3.05, 3.63) is 58.6 Å². The second-order valence-electron chi connectivity index (χ2n) is 7.23. The summed E-state index contributed by atoms with van der Waals surface area (Å²) >= 11 is 7.60. The van der Waals surface area contributed by atoms with Crippen molar-refractivity contribution in [2.24, 2.45) is 0 Å². The summed E-state index contributed by atoms with van der Waals surface area (Å²) in [5.74, 6) is 0.0329. The van der Waals surface area contributed by atoms with Gasteiger partial charge in [0.2, 0.25) is 5.91 Å². The molecule has 0 bridgehead atoms. The second-order valence-corrected chi connectivity index (χ2v) is 8.98. The van der Waals surface area contributed by atoms with E-state index in [0.29, 0.717) is 17.1 Å². The van der Waals surface area contributed by atoms with E-state index in [4.69, 9.17) is 16.6 Å². The zero-order valence-electron chi connectivity index (χ0n) is 17.4. The number of imidazole rings is 1. The van der Waals surface area contributed by atoms with E-state index < -0.39 is 0 Å². The Labute approximate surface area is 186 Å². The molecule has 0 saturated heterocycles. The normalized spacial score (nSPS) is 12.1. The number of nitrogens with zero attached hydrogens (tertiary/aromatic N) is 2. The van der Waals surface area contributed by atoms with E-state index in [1.54, 1.807) is 0 Å². The number of nitrogens with one attached hydrogen (secondary N) is 1. The van der Waals surface area contributed by atoms with Crippen molar-refractivity contribution >= 4 is 46.1 Å². The number of aromatic nitrogens is 2. The van der Waals surface area contributed by atoms with Gasteiger partial charge >= 0.3 is 0 Å². The highest BCUT2D eigenvalue weighted by molar-refractivity contribution is 8.00. The second kappa shape index (κ2) is 10.1. The number of benzene rings is 2. The number of hydrogen-bond acceptors (Lipinski definition) is 4. The molecule has 0 aliphatic heterocycles. The van der Waals surface area contributed by atoms with Crippen LogP contribution in [-0.4, -0.2) is 33.0 Å². The van der Waals surface area contributed by atoms with Crippen molar-refractivity contribution in [1.29, 1.82) is 0 Å². The van der Waals surface area contributed by atoms with Crippen LogP contribution in [0.1, 0.15) is 43.1 Å². The first kappa shape index (κ1) is 22.4. The topological polar surface area (TPSA) is 64.0 Å². The molecule has 0 radical (unpaired) electrons. The van der Waals surface area contributed by atoms with Crippen molar-refractivity contribution in [3.8, 4) is 0 Å². The number of aryl methyl sites for hydroxylation is 1. The number of hydrogen-bond donors (Lipinski definition) is 1. The maximum Gasteiger partial charge on any atom is 0.216 e. The molecule has 1 heterocycles. The third-order valence-corrected chi connectivity index (χ3v) is 6.13. The number of fused-ring (bicyclic) bond motifs is 1. The van der Waals surface area contributed by atoms with Crippen molar-refractivity contribution in [1.82, 2.24) is 14.9 Å². The Bertz CT molecular complexity index is 1050. The van der Waals surface area contributed by atoms with E-state index in [1.165, 1.54) is 18.7 Å². The van der Waals surface area contributed by atoms with E-state index in [1.807, 2.05) is 49.4 Å². The molecule has 0 saturated carbocycles. The van der Waals surface area contributed by atoms with Crippen LogP contribution in [-0.2, 0) is 17.8 Å². The van der Waals surface area contributed by atoms with Crippen LogP contribution in [0.2, 0.25) is 5.02 Å². The van der Waals surface area contributed by atoms with Gasteiger partial charge in [0.15, 0.2) is 10.9 Å². The van der Waals surface area contributed by atoms with Crippen molar-refractivity contribution in [2.45, 2.75) is 50.6 Å². The molecule has 0 spiro atoms. The Morgan fingerprint density at radius 3 is 2.60 bits per heavy atom. The van der Waals surface area contributed by atoms with Gasteiger partial charge in [-0.3, -0.25) is 9.59 Å². The summed E-state index contributed by atoms with van der Waals surface area (Å²) in [6.07, 6.45) is 1.71. The molecular weight excluding hydrogens is 418 g/mol. The van der Waals surface area contributed by atoms with Gasteiger partial charge in [0.05, 0.1) is 16.3 Å². The average molecular weight is 444 g/mol. The van der Waals surface area contributed by atoms with Crippen LogP contribution in [0.4, 0.5) is 0 Å². The summed E-state index contributed by atoms with van der Waals surface area (Å²) in [5, 5.41) is 4.01. The van der Waals surface area contributed by atoms with Gasteiger partial charge in [-0.2, -0.15) is 0 Å². The quantitative estimate of drug-likeness (QED) is 0.367. The Morgan fingerprint density at radius 2 is 1.93 bits per heavy atom. The van der Waals surface area contributed by atoms with Gasteiger partial charge < -0.3 is 9.88 Å². The SMILES string of the molecule is CCCn1c(SC(C)C(=O)c2ccc(CCNC(C)=O)cc2)nc2cc(Cl)ccc21. The van der Waals surface area contributed by atoms with Crippen LogP contribution in [0.5, 0.6) is 0 Å². The Balaban J connectivity index is 1.72. The third-order valence-electron chi connectivity index (χ3n) is 4.80. The van der Waals surface area contributed by atoms with E-state index in [9.17, 15) is 9.59 Å². The first-order valence-corrected chi connectivity index (χ1v) is 11.3. The largest absolute Gasteiger partial charge is 0.356 e. The molecule has 2 aromatic carbocycles. The van der Waals surface area contributed by atoms with Gasteiger partial charge in [-0.1, -0.05) is 54.6 Å². The van der Waals surface area contributed by atoms with Gasteiger partial charge in [-0.25, -0.2) is 4.98 Å². The number of amides is 1. The fourth-order valence-electron chi connectivity index (χ4n) is 3.28. The van der Waals surface area contributed by atoms with Gasteiger partial charge in [-0.05, 0) is 43.5 Å². The number of rotatable bonds is 9. The summed E-state index contributed by atoms with van der Waals surface area (Å²) in [4.78, 5) is 28.7. The third kappa shape index (κ3) is 5.43. The Kier molecular flexibility index (Phi) is 7.56. The molecule has 158 valence electrons. The molecule has 3 aromatic rings. The molecule has 0 fully saturated rings. The van der Waals surface area contributed by atoms with Crippen LogP contribution in [0, 0.1) is 0 Å². The highest BCUT2D eigenvalue weighted by Crippen LogP contribution is 2.30. The lowest BCUT2D eigenvalue weighted by atomic mass is 10.0. The van der Waals surface area contributed by atoms with Crippen LogP contribution in [0.15, 0.2) is 47.6 Å². The van der Waals surface area contributed by atoms with Gasteiger partial charge in [-0.15, -0.1) is 0 Å². The maximum atomic E-state index is 13.0. The summed E-state index contributed by atoms with van der Waals surface area (Å²) in [5.41, 5.74) is 3.65. The number of carbonyl (C=O) groups is 2. The van der Waals surface area contributed by atoms with E-state index in [2.05, 4.69) is 16.8 Å². The monoisotopic (exact) mass is 443 g/mol. The summed E-state index contributed by atoms with van der Waals surface area (Å²) < 4.78 is 2.16. The smallest absolute Gasteiger partial charge is 0.216 e. The molecule has 1 unspecified atom stereocenters. The molecule has 0 aliphatic carbocycles. The van der Waals surface area contributed by atoms with Crippen LogP contribution in [0.3, 0.4) is 0 Å². The average Bonchev–Trinajstić information content (AvgIpc) is 3.04. The minimum Gasteiger partial charge on any atom is -0.356 e. The molecule has 30 heavy (non-hydrogen) atoms. The van der Waals surface area contributed by atoms with Gasteiger partial charge in [0, 0.05) is 30.6 Å². The molecule has 5 nitrogen and oxygen atoms in total. The van der Waals surface area contributed by atoms with Gasteiger partial charge in [0.1, 0.15) is 0 Å². The molecule has 1 atom stereocenters. The fraction of sp³-hybridized carbons (Fsp3) is 0.348. The summed E-state index contributed by atoms with van der Waals surface area (Å²) in [7, 11) is 0. The summed E-state index contributed by atoms with van der Waals surface area (Å²) in [6, 6.07) is 13.3. The maximum absolute atomic E-state index is 13.0. The Morgan fingerprint density at radius 1 is 1.20 bits per heavy atom. The number of Topliss-reactive ketones (excluding diaryl/α,β-unsaturated/α-hetero) is 1. The first-order valence-electron chi connectivity index (χ1n) is 10.1. The minimum atomic E-state index is -0.266. The minimum absolute atomic E-state index is 0.0380. The molecule has 3 rings (SSSR count). The number of carbonyl (C=O) groups excluding carboxylic acids is 2.